The molecule has 0 bridgehead atoms. The van der Waals surface area contributed by atoms with Crippen LogP contribution in [0.15, 0.2) is 109 Å². The van der Waals surface area contributed by atoms with Gasteiger partial charge in [-0.1, -0.05) is 111 Å². The minimum absolute atomic E-state index is 0.0338. The van der Waals surface area contributed by atoms with Crippen molar-refractivity contribution in [3.63, 3.8) is 0 Å². The number of nitrogens with one attached hydrogen (secondary N) is 2. The van der Waals surface area contributed by atoms with Crippen LogP contribution in [0.1, 0.15) is 49.4 Å². The minimum Gasteiger partial charge on any atom is -0.388 e. The molecule has 0 aromatic heterocycles. The number of aryl methyl sites for hydroxylation is 1. The van der Waals surface area contributed by atoms with Crippen LogP contribution in [0.25, 0.3) is 10.8 Å². The molecule has 0 fully saturated rings. The van der Waals surface area contributed by atoms with E-state index in [4.69, 9.17) is 0 Å². The summed E-state index contributed by atoms with van der Waals surface area (Å²) < 4.78 is 0. The summed E-state index contributed by atoms with van der Waals surface area (Å²) in [6, 6.07) is 30.8. The summed E-state index contributed by atoms with van der Waals surface area (Å²) in [7, 11) is 2.03. The van der Waals surface area contributed by atoms with E-state index in [9.17, 15) is 0 Å². The summed E-state index contributed by atoms with van der Waals surface area (Å²) in [6.07, 6.45) is 8.76. The van der Waals surface area contributed by atoms with Gasteiger partial charge in [0.15, 0.2) is 0 Å². The van der Waals surface area contributed by atoms with Crippen LogP contribution in [-0.2, 0) is 17.3 Å². The predicted molar refractivity (Wildman–Crippen MR) is 161 cm³/mol. The van der Waals surface area contributed by atoms with Crippen molar-refractivity contribution in [3.05, 3.63) is 131 Å². The molecule has 188 valence electrons. The van der Waals surface area contributed by atoms with Crippen molar-refractivity contribution < 1.29 is 0 Å². The third kappa shape index (κ3) is 4.81. The van der Waals surface area contributed by atoms with Gasteiger partial charge < -0.3 is 10.6 Å². The Morgan fingerprint density at radius 2 is 1.68 bits per heavy atom. The van der Waals surface area contributed by atoms with Gasteiger partial charge in [-0.25, -0.2) is 0 Å². The smallest absolute Gasteiger partial charge is 0.0424 e. The number of hydrogen-bond donors (Lipinski definition) is 2. The zero-order valence-corrected chi connectivity index (χ0v) is 22.7. The highest BCUT2D eigenvalue weighted by Crippen LogP contribution is 2.44. The van der Waals surface area contributed by atoms with Gasteiger partial charge in [0.25, 0.3) is 0 Å². The Hall–Kier alpha value is -3.78. The number of benzene rings is 4. The van der Waals surface area contributed by atoms with E-state index in [1.807, 2.05) is 7.05 Å². The van der Waals surface area contributed by atoms with Gasteiger partial charge in [0.05, 0.1) is 0 Å². The van der Waals surface area contributed by atoms with Crippen molar-refractivity contribution in [1.29, 1.82) is 0 Å². The Morgan fingerprint density at radius 1 is 0.919 bits per heavy atom. The van der Waals surface area contributed by atoms with E-state index in [0.717, 1.165) is 12.8 Å². The Balaban J connectivity index is 1.51. The molecule has 0 saturated heterocycles. The maximum absolute atomic E-state index is 3.66. The molecule has 0 radical (unpaired) electrons. The lowest BCUT2D eigenvalue weighted by atomic mass is 9.72. The first-order valence-corrected chi connectivity index (χ1v) is 13.3. The minimum atomic E-state index is -0.0890. The molecule has 0 spiro atoms. The first-order valence-electron chi connectivity index (χ1n) is 13.3. The zero-order valence-electron chi connectivity index (χ0n) is 22.7. The fourth-order valence-corrected chi connectivity index (χ4v) is 5.91. The van der Waals surface area contributed by atoms with Gasteiger partial charge in [0.1, 0.15) is 0 Å². The van der Waals surface area contributed by atoms with Crippen LogP contribution in [0.5, 0.6) is 0 Å². The summed E-state index contributed by atoms with van der Waals surface area (Å²) in [4.78, 5) is 0. The maximum atomic E-state index is 3.66. The topological polar surface area (TPSA) is 24.1 Å². The number of anilines is 2. The second-order valence-electron chi connectivity index (χ2n) is 11.2. The normalized spacial score (nSPS) is 17.1. The van der Waals surface area contributed by atoms with Crippen molar-refractivity contribution in [2.75, 3.05) is 17.7 Å². The second-order valence-corrected chi connectivity index (χ2v) is 11.2. The van der Waals surface area contributed by atoms with Crippen molar-refractivity contribution in [2.24, 2.45) is 0 Å². The number of allylic oxidation sites excluding steroid dienone is 4. The quantitative estimate of drug-likeness (QED) is 0.272. The molecule has 1 atom stereocenters. The molecular formula is C35H38N2. The number of rotatable bonds is 7. The highest BCUT2D eigenvalue weighted by molar-refractivity contribution is 5.91. The van der Waals surface area contributed by atoms with Gasteiger partial charge in [-0.15, -0.1) is 0 Å². The molecule has 4 aromatic rings. The maximum Gasteiger partial charge on any atom is 0.0424 e. The molecule has 4 aromatic carbocycles. The average molecular weight is 487 g/mol. The molecule has 0 aliphatic carbocycles. The molecule has 5 rings (SSSR count). The lowest BCUT2D eigenvalue weighted by Gasteiger charge is -2.33. The SMILES string of the molecule is CNc1ccc2ccccc2c1C(C)(C/C=C/C=C1/Nc2ccc(C)cc2C1(C)C)Cc1ccccc1. The highest BCUT2D eigenvalue weighted by Gasteiger charge is 2.34. The van der Waals surface area contributed by atoms with E-state index >= 15 is 0 Å². The molecule has 0 saturated carbocycles. The molecular weight excluding hydrogens is 448 g/mol. The van der Waals surface area contributed by atoms with Crippen LogP contribution < -0.4 is 10.6 Å². The van der Waals surface area contributed by atoms with E-state index < -0.39 is 0 Å². The predicted octanol–water partition coefficient (Wildman–Crippen LogP) is 8.92. The molecule has 1 unspecified atom stereocenters. The zero-order chi connectivity index (χ0) is 26.0. The molecule has 2 N–H and O–H groups in total. The Labute approximate surface area is 222 Å². The van der Waals surface area contributed by atoms with Gasteiger partial charge in [-0.05, 0) is 65.4 Å². The van der Waals surface area contributed by atoms with Gasteiger partial charge >= 0.3 is 0 Å². The van der Waals surface area contributed by atoms with E-state index in [1.165, 1.54) is 50.1 Å². The molecule has 37 heavy (non-hydrogen) atoms. The van der Waals surface area contributed by atoms with Crippen molar-refractivity contribution in [1.82, 2.24) is 0 Å². The van der Waals surface area contributed by atoms with Gasteiger partial charge in [0.2, 0.25) is 0 Å². The summed E-state index contributed by atoms with van der Waals surface area (Å²) in [5, 5.41) is 9.76. The van der Waals surface area contributed by atoms with Crippen LogP contribution >= 0.6 is 0 Å². The van der Waals surface area contributed by atoms with Crippen molar-refractivity contribution in [3.8, 4) is 0 Å². The summed E-state index contributed by atoms with van der Waals surface area (Å²) in [5.41, 5.74) is 8.96. The number of hydrogen-bond acceptors (Lipinski definition) is 2. The summed E-state index contributed by atoms with van der Waals surface area (Å²) in [6.45, 7) is 9.19. The molecule has 2 heteroatoms. The fourth-order valence-electron chi connectivity index (χ4n) is 5.91. The Bertz CT molecular complexity index is 1480. The van der Waals surface area contributed by atoms with Crippen LogP contribution in [0.2, 0.25) is 0 Å². The van der Waals surface area contributed by atoms with E-state index in [2.05, 4.69) is 141 Å². The van der Waals surface area contributed by atoms with Crippen molar-refractivity contribution >= 4 is 22.1 Å². The monoisotopic (exact) mass is 486 g/mol. The van der Waals surface area contributed by atoms with Gasteiger partial charge in [-0.3, -0.25) is 0 Å². The highest BCUT2D eigenvalue weighted by atomic mass is 15.0. The van der Waals surface area contributed by atoms with Gasteiger partial charge in [0, 0.05) is 34.9 Å². The standard InChI is InChI=1S/C35H38N2/c1-25-18-20-30-29(23-25)34(2,3)32(37-30)17-11-12-22-35(4,24-26-13-7-6-8-14-26)33-28-16-10-9-15-27(28)19-21-31(33)36-5/h6-21,23,36-37H,22,24H2,1-5H3/b12-11+,32-17+. The first kappa shape index (κ1) is 24.9. The average Bonchev–Trinajstić information content (AvgIpc) is 3.15. The van der Waals surface area contributed by atoms with Crippen LogP contribution in [0.4, 0.5) is 11.4 Å². The summed E-state index contributed by atoms with van der Waals surface area (Å²) in [5.74, 6) is 0. The van der Waals surface area contributed by atoms with E-state index in [-0.39, 0.29) is 10.8 Å². The summed E-state index contributed by atoms with van der Waals surface area (Å²) >= 11 is 0. The third-order valence-corrected chi connectivity index (χ3v) is 8.00. The third-order valence-electron chi connectivity index (χ3n) is 8.00. The largest absolute Gasteiger partial charge is 0.388 e. The molecule has 1 aliphatic rings. The molecule has 0 amide bonds. The lowest BCUT2D eigenvalue weighted by molar-refractivity contribution is 0.480. The Morgan fingerprint density at radius 3 is 2.46 bits per heavy atom. The fraction of sp³-hybridized carbons (Fsp3) is 0.257. The lowest BCUT2D eigenvalue weighted by Crippen LogP contribution is -2.26. The molecule has 2 nitrogen and oxygen atoms in total. The molecule has 1 aliphatic heterocycles. The van der Waals surface area contributed by atoms with Crippen LogP contribution in [0.3, 0.4) is 0 Å². The van der Waals surface area contributed by atoms with E-state index in [1.54, 1.807) is 0 Å². The van der Waals surface area contributed by atoms with Crippen LogP contribution in [-0.4, -0.2) is 7.05 Å². The van der Waals surface area contributed by atoms with Gasteiger partial charge in [-0.2, -0.15) is 0 Å². The second kappa shape index (κ2) is 9.94. The first-order chi connectivity index (χ1) is 17.8. The molecule has 1 heterocycles. The Kier molecular flexibility index (Phi) is 6.69. The van der Waals surface area contributed by atoms with Crippen molar-refractivity contribution in [2.45, 2.75) is 51.4 Å². The number of fused-ring (bicyclic) bond motifs is 2. The van der Waals surface area contributed by atoms with Crippen LogP contribution in [0, 0.1) is 6.92 Å². The van der Waals surface area contributed by atoms with E-state index in [0.29, 0.717) is 0 Å².